The molecule has 1 unspecified atom stereocenters. The number of hydrogen-bond donors (Lipinski definition) is 1. The van der Waals surface area contributed by atoms with E-state index in [1.807, 2.05) is 31.2 Å². The molecule has 0 bridgehead atoms. The number of ether oxygens (including phenoxy) is 1. The molecule has 1 heterocycles. The summed E-state index contributed by atoms with van der Waals surface area (Å²) in [5, 5.41) is 11.1. The van der Waals surface area contributed by atoms with Crippen LogP contribution in [0.15, 0.2) is 84.4 Å². The number of nitrogens with zero attached hydrogens (tertiary/aromatic N) is 1. The molecule has 1 aliphatic heterocycles. The van der Waals surface area contributed by atoms with Crippen LogP contribution in [0.1, 0.15) is 40.0 Å². The summed E-state index contributed by atoms with van der Waals surface area (Å²) in [6.45, 7) is 3.89. The lowest BCUT2D eigenvalue weighted by Crippen LogP contribution is -2.29. The van der Waals surface area contributed by atoms with Gasteiger partial charge in [-0.15, -0.1) is 0 Å². The minimum absolute atomic E-state index is 0.0197. The Bertz CT molecular complexity index is 1250. The second-order valence-electron chi connectivity index (χ2n) is 7.72. The number of anilines is 1. The maximum atomic E-state index is 13.2. The van der Waals surface area contributed by atoms with Crippen LogP contribution in [0.4, 0.5) is 5.69 Å². The van der Waals surface area contributed by atoms with Gasteiger partial charge in [0.1, 0.15) is 5.76 Å². The molecule has 1 N–H and O–H groups in total. The summed E-state index contributed by atoms with van der Waals surface area (Å²) in [7, 11) is 0. The van der Waals surface area contributed by atoms with Gasteiger partial charge < -0.3 is 9.84 Å². The van der Waals surface area contributed by atoms with Crippen LogP contribution < -0.4 is 4.90 Å². The smallest absolute Gasteiger partial charge is 0.338 e. The highest BCUT2D eigenvalue weighted by molar-refractivity contribution is 6.51. The van der Waals surface area contributed by atoms with E-state index in [9.17, 15) is 19.5 Å². The van der Waals surface area contributed by atoms with Gasteiger partial charge >= 0.3 is 5.97 Å². The Morgan fingerprint density at radius 3 is 2.27 bits per heavy atom. The van der Waals surface area contributed by atoms with Crippen molar-refractivity contribution in [1.29, 1.82) is 0 Å². The first-order chi connectivity index (χ1) is 15.9. The zero-order chi connectivity index (χ0) is 23.5. The fourth-order valence-corrected chi connectivity index (χ4v) is 3.98. The minimum atomic E-state index is -0.821. The molecule has 3 aromatic rings. The summed E-state index contributed by atoms with van der Waals surface area (Å²) < 4.78 is 5.02. The third-order valence-electron chi connectivity index (χ3n) is 5.51. The summed E-state index contributed by atoms with van der Waals surface area (Å²) in [6, 6.07) is 21.6. The number of Topliss-reactive ketones (excluding diaryl/α,β-unsaturated/α-hetero) is 1. The van der Waals surface area contributed by atoms with Crippen molar-refractivity contribution < 1.29 is 24.2 Å². The van der Waals surface area contributed by atoms with E-state index < -0.39 is 23.7 Å². The first-order valence-corrected chi connectivity index (χ1v) is 10.6. The lowest BCUT2D eigenvalue weighted by Gasteiger charge is -2.26. The summed E-state index contributed by atoms with van der Waals surface area (Å²) in [5.41, 5.74) is 2.89. The highest BCUT2D eigenvalue weighted by atomic mass is 16.5. The van der Waals surface area contributed by atoms with E-state index in [-0.39, 0.29) is 17.9 Å². The van der Waals surface area contributed by atoms with Crippen molar-refractivity contribution in [3.8, 4) is 0 Å². The molecule has 4 rings (SSSR count). The van der Waals surface area contributed by atoms with Crippen LogP contribution in [0.25, 0.3) is 5.76 Å². The molecule has 1 fully saturated rings. The molecule has 3 aromatic carbocycles. The first-order valence-electron chi connectivity index (χ1n) is 10.6. The predicted molar refractivity (Wildman–Crippen MR) is 125 cm³/mol. The lowest BCUT2D eigenvalue weighted by atomic mass is 9.94. The summed E-state index contributed by atoms with van der Waals surface area (Å²) in [5.74, 6) is -2.21. The molecule has 1 aliphatic rings. The van der Waals surface area contributed by atoms with Crippen molar-refractivity contribution in [1.82, 2.24) is 0 Å². The Kier molecular flexibility index (Phi) is 6.09. The first kappa shape index (κ1) is 22.0. The quantitative estimate of drug-likeness (QED) is 0.266. The van der Waals surface area contributed by atoms with Gasteiger partial charge in [-0.05, 0) is 43.7 Å². The van der Waals surface area contributed by atoms with Gasteiger partial charge in [0, 0.05) is 11.3 Å². The van der Waals surface area contributed by atoms with Gasteiger partial charge in [0.15, 0.2) is 0 Å². The van der Waals surface area contributed by atoms with Gasteiger partial charge in [-0.1, -0.05) is 60.2 Å². The number of carbonyl (C=O) groups is 3. The molecule has 0 radical (unpaired) electrons. The van der Waals surface area contributed by atoms with Crippen LogP contribution in [0.5, 0.6) is 0 Å². The molecular formula is C27H23NO5. The number of ketones is 1. The number of aliphatic hydroxyl groups excluding tert-OH is 1. The van der Waals surface area contributed by atoms with Crippen LogP contribution in [0.3, 0.4) is 0 Å². The number of amides is 1. The predicted octanol–water partition coefficient (Wildman–Crippen LogP) is 4.80. The van der Waals surface area contributed by atoms with E-state index in [0.29, 0.717) is 22.4 Å². The van der Waals surface area contributed by atoms with Crippen LogP contribution in [0.2, 0.25) is 0 Å². The van der Waals surface area contributed by atoms with E-state index in [4.69, 9.17) is 4.74 Å². The van der Waals surface area contributed by atoms with Gasteiger partial charge in [-0.2, -0.15) is 0 Å². The maximum Gasteiger partial charge on any atom is 0.338 e. The van der Waals surface area contributed by atoms with Gasteiger partial charge in [0.25, 0.3) is 11.7 Å². The average Bonchev–Trinajstić information content (AvgIpc) is 3.10. The molecule has 166 valence electrons. The second kappa shape index (κ2) is 9.12. The van der Waals surface area contributed by atoms with Gasteiger partial charge in [0.2, 0.25) is 0 Å². The fraction of sp³-hybridized carbons (Fsp3) is 0.148. The Hall–Kier alpha value is -4.19. The van der Waals surface area contributed by atoms with Crippen molar-refractivity contribution in [3.63, 3.8) is 0 Å². The number of rotatable bonds is 5. The molecule has 1 amide bonds. The second-order valence-corrected chi connectivity index (χ2v) is 7.72. The Morgan fingerprint density at radius 2 is 1.64 bits per heavy atom. The van der Waals surface area contributed by atoms with E-state index in [1.165, 1.54) is 4.90 Å². The number of benzene rings is 3. The summed E-state index contributed by atoms with van der Waals surface area (Å²) in [4.78, 5) is 39.7. The molecule has 1 saturated heterocycles. The minimum Gasteiger partial charge on any atom is -0.507 e. The molecule has 0 spiro atoms. The van der Waals surface area contributed by atoms with E-state index in [1.54, 1.807) is 61.5 Å². The van der Waals surface area contributed by atoms with E-state index in [0.717, 1.165) is 5.56 Å². The number of aryl methyl sites for hydroxylation is 1. The van der Waals surface area contributed by atoms with Crippen molar-refractivity contribution in [2.45, 2.75) is 19.9 Å². The van der Waals surface area contributed by atoms with Crippen molar-refractivity contribution in [2.24, 2.45) is 0 Å². The number of carbonyl (C=O) groups excluding carboxylic acids is 3. The van der Waals surface area contributed by atoms with Gasteiger partial charge in [-0.3, -0.25) is 14.5 Å². The highest BCUT2D eigenvalue weighted by Crippen LogP contribution is 2.42. The zero-order valence-corrected chi connectivity index (χ0v) is 18.3. The number of esters is 1. The van der Waals surface area contributed by atoms with Crippen LogP contribution >= 0.6 is 0 Å². The molecule has 33 heavy (non-hydrogen) atoms. The highest BCUT2D eigenvalue weighted by Gasteiger charge is 2.47. The molecule has 6 nitrogen and oxygen atoms in total. The zero-order valence-electron chi connectivity index (χ0n) is 18.3. The number of hydrogen-bond acceptors (Lipinski definition) is 5. The molecular weight excluding hydrogens is 418 g/mol. The third-order valence-corrected chi connectivity index (χ3v) is 5.51. The van der Waals surface area contributed by atoms with Gasteiger partial charge in [-0.25, -0.2) is 4.79 Å². The van der Waals surface area contributed by atoms with Crippen molar-refractivity contribution >= 4 is 29.1 Å². The lowest BCUT2D eigenvalue weighted by molar-refractivity contribution is -0.132. The molecule has 1 atom stereocenters. The SMILES string of the molecule is CCOC(=O)c1ccc(N2C(=O)C(=O)/C(=C(/O)c3ccccc3)C2c2cccc(C)c2)cc1. The van der Waals surface area contributed by atoms with Crippen molar-refractivity contribution in [3.05, 3.63) is 107 Å². The monoisotopic (exact) mass is 441 g/mol. The Morgan fingerprint density at radius 1 is 0.939 bits per heavy atom. The van der Waals surface area contributed by atoms with Crippen LogP contribution in [-0.4, -0.2) is 29.4 Å². The molecule has 0 aliphatic carbocycles. The fourth-order valence-electron chi connectivity index (χ4n) is 3.98. The average molecular weight is 441 g/mol. The standard InChI is InChI=1S/C27H23NO5/c1-3-33-27(32)19-12-14-21(15-13-19)28-23(20-11-7-8-17(2)16-20)22(25(30)26(28)31)24(29)18-9-5-4-6-10-18/h4-16,23,29H,3H2,1-2H3/b24-22+. The molecule has 0 aromatic heterocycles. The molecule has 0 saturated carbocycles. The van der Waals surface area contributed by atoms with Gasteiger partial charge in [0.05, 0.1) is 23.8 Å². The van der Waals surface area contributed by atoms with Crippen molar-refractivity contribution in [2.75, 3.05) is 11.5 Å². The van der Waals surface area contributed by atoms with Crippen LogP contribution in [0, 0.1) is 6.92 Å². The molecule has 6 heteroatoms. The normalized spacial score (nSPS) is 17.3. The Balaban J connectivity index is 1.86. The third kappa shape index (κ3) is 4.15. The topological polar surface area (TPSA) is 83.9 Å². The maximum absolute atomic E-state index is 13.2. The van der Waals surface area contributed by atoms with E-state index in [2.05, 4.69) is 0 Å². The summed E-state index contributed by atoms with van der Waals surface area (Å²) >= 11 is 0. The summed E-state index contributed by atoms with van der Waals surface area (Å²) in [6.07, 6.45) is 0. The Labute approximate surface area is 191 Å². The van der Waals surface area contributed by atoms with Crippen LogP contribution in [-0.2, 0) is 14.3 Å². The van der Waals surface area contributed by atoms with E-state index >= 15 is 0 Å². The number of aliphatic hydroxyl groups is 1. The largest absolute Gasteiger partial charge is 0.507 e.